The second-order valence-electron chi connectivity index (χ2n) is 9.70. The fourth-order valence-corrected chi connectivity index (χ4v) is 7.39. The molecule has 5 rings (SSSR count). The van der Waals surface area contributed by atoms with Crippen LogP contribution in [0.5, 0.6) is 0 Å². The molecule has 5 aliphatic rings. The van der Waals surface area contributed by atoms with Gasteiger partial charge in [0.05, 0.1) is 11.5 Å². The van der Waals surface area contributed by atoms with Crippen LogP contribution in [0.15, 0.2) is 12.2 Å². The summed E-state index contributed by atoms with van der Waals surface area (Å²) in [5.74, 6) is 4.40. The Balaban J connectivity index is 1.24. The van der Waals surface area contributed by atoms with Crippen LogP contribution < -0.4 is 0 Å². The number of esters is 1. The van der Waals surface area contributed by atoms with Gasteiger partial charge in [-0.1, -0.05) is 31.4 Å². The number of allylic oxidation sites excluding steroid dienone is 2. The molecule has 0 aliphatic heterocycles. The third-order valence-electron chi connectivity index (χ3n) is 8.33. The maximum atomic E-state index is 13.1. The molecule has 0 aromatic rings. The van der Waals surface area contributed by atoms with Crippen LogP contribution >= 0.6 is 0 Å². The minimum absolute atomic E-state index is 0.00788. The van der Waals surface area contributed by atoms with E-state index in [1.54, 1.807) is 0 Å². The van der Waals surface area contributed by atoms with Crippen LogP contribution in [0, 0.1) is 40.9 Å². The van der Waals surface area contributed by atoms with Gasteiger partial charge in [-0.3, -0.25) is 4.79 Å². The Morgan fingerprint density at radius 2 is 1.80 bits per heavy atom. The molecule has 138 valence electrons. The van der Waals surface area contributed by atoms with Gasteiger partial charge in [0.15, 0.2) is 6.29 Å². The number of hydrogen-bond donors (Lipinski definition) is 0. The monoisotopic (exact) mass is 344 g/mol. The molecule has 0 saturated heterocycles. The molecule has 0 aromatic heterocycles. The van der Waals surface area contributed by atoms with E-state index in [-0.39, 0.29) is 17.5 Å². The Morgan fingerprint density at radius 3 is 2.56 bits per heavy atom. The second-order valence-corrected chi connectivity index (χ2v) is 9.70. The standard InChI is InChI=1S/C22H32O3/c1-13(24-17-6-4-3-5-7-17)25-21(23)22(2)12-16-11-18(22)20-15-9-8-14(10-15)19(16)20/h8-9,13-20H,3-7,10-12H2,1-2H3. The molecule has 0 N–H and O–H groups in total. The first-order valence-corrected chi connectivity index (χ1v) is 10.6. The third-order valence-corrected chi connectivity index (χ3v) is 8.33. The van der Waals surface area contributed by atoms with Gasteiger partial charge in [-0.05, 0) is 81.5 Å². The lowest BCUT2D eigenvalue weighted by molar-refractivity contribution is -0.201. The van der Waals surface area contributed by atoms with Crippen molar-refractivity contribution in [2.24, 2.45) is 40.9 Å². The van der Waals surface area contributed by atoms with Crippen molar-refractivity contribution in [3.8, 4) is 0 Å². The van der Waals surface area contributed by atoms with E-state index in [9.17, 15) is 4.79 Å². The summed E-state index contributed by atoms with van der Waals surface area (Å²) in [6, 6.07) is 0. The molecule has 25 heavy (non-hydrogen) atoms. The minimum Gasteiger partial charge on any atom is -0.436 e. The molecule has 8 atom stereocenters. The predicted octanol–water partition coefficient (Wildman–Crippen LogP) is 4.71. The van der Waals surface area contributed by atoms with E-state index in [2.05, 4.69) is 19.1 Å². The highest BCUT2D eigenvalue weighted by Crippen LogP contribution is 2.70. The number of rotatable bonds is 4. The fourth-order valence-electron chi connectivity index (χ4n) is 7.39. The average Bonchev–Trinajstić information content (AvgIpc) is 3.34. The molecule has 5 aliphatic carbocycles. The fraction of sp³-hybridized carbons (Fsp3) is 0.864. The lowest BCUT2D eigenvalue weighted by atomic mass is 9.63. The Bertz CT molecular complexity index is 578. The van der Waals surface area contributed by atoms with E-state index in [0.29, 0.717) is 5.92 Å². The van der Waals surface area contributed by atoms with Gasteiger partial charge in [0.25, 0.3) is 0 Å². The van der Waals surface area contributed by atoms with Gasteiger partial charge in [0.2, 0.25) is 0 Å². The summed E-state index contributed by atoms with van der Waals surface area (Å²) in [5, 5.41) is 0. The first-order valence-electron chi connectivity index (χ1n) is 10.6. The molecule has 4 fully saturated rings. The maximum absolute atomic E-state index is 13.1. The zero-order valence-electron chi connectivity index (χ0n) is 15.7. The van der Waals surface area contributed by atoms with Crippen LogP contribution in [0.25, 0.3) is 0 Å². The van der Waals surface area contributed by atoms with E-state index in [1.165, 1.54) is 32.1 Å². The largest absolute Gasteiger partial charge is 0.436 e. The number of hydrogen-bond acceptors (Lipinski definition) is 3. The maximum Gasteiger partial charge on any atom is 0.314 e. The van der Waals surface area contributed by atoms with Crippen LogP contribution in [0.4, 0.5) is 0 Å². The summed E-state index contributed by atoms with van der Waals surface area (Å²) in [5.41, 5.74) is -0.283. The molecule has 0 spiro atoms. The number of carbonyl (C=O) groups is 1. The number of ether oxygens (including phenoxy) is 2. The molecule has 0 heterocycles. The highest BCUT2D eigenvalue weighted by molar-refractivity contribution is 5.78. The van der Waals surface area contributed by atoms with Crippen LogP contribution in [0.2, 0.25) is 0 Å². The summed E-state index contributed by atoms with van der Waals surface area (Å²) < 4.78 is 11.9. The van der Waals surface area contributed by atoms with Crippen LogP contribution in [-0.4, -0.2) is 18.4 Å². The summed E-state index contributed by atoms with van der Waals surface area (Å²) >= 11 is 0. The van der Waals surface area contributed by atoms with E-state index < -0.39 is 6.29 Å². The highest BCUT2D eigenvalue weighted by Gasteiger charge is 2.67. The highest BCUT2D eigenvalue weighted by atomic mass is 16.7. The van der Waals surface area contributed by atoms with Crippen molar-refractivity contribution in [1.82, 2.24) is 0 Å². The van der Waals surface area contributed by atoms with Gasteiger partial charge >= 0.3 is 5.97 Å². The van der Waals surface area contributed by atoms with E-state index >= 15 is 0 Å². The molecule has 0 aromatic carbocycles. The summed E-state index contributed by atoms with van der Waals surface area (Å²) in [6.07, 6.45) is 14.4. The Kier molecular flexibility index (Phi) is 3.82. The average molecular weight is 344 g/mol. The van der Waals surface area contributed by atoms with Gasteiger partial charge < -0.3 is 9.47 Å². The van der Waals surface area contributed by atoms with E-state index in [1.807, 2.05) is 6.92 Å². The topological polar surface area (TPSA) is 35.5 Å². The molecule has 4 bridgehead atoms. The predicted molar refractivity (Wildman–Crippen MR) is 95.6 cm³/mol. The van der Waals surface area contributed by atoms with Crippen molar-refractivity contribution >= 4 is 5.97 Å². The van der Waals surface area contributed by atoms with Crippen molar-refractivity contribution in [3.63, 3.8) is 0 Å². The molecular formula is C22H32O3. The number of fused-ring (bicyclic) bond motifs is 9. The lowest BCUT2D eigenvalue weighted by Crippen LogP contribution is -2.44. The molecular weight excluding hydrogens is 312 g/mol. The smallest absolute Gasteiger partial charge is 0.314 e. The Labute approximate surface area is 151 Å². The van der Waals surface area contributed by atoms with E-state index in [0.717, 1.165) is 48.9 Å². The molecule has 8 unspecified atom stereocenters. The quantitative estimate of drug-likeness (QED) is 0.321. The minimum atomic E-state index is -0.401. The van der Waals surface area contributed by atoms with Crippen LogP contribution in [0.1, 0.15) is 65.2 Å². The first-order chi connectivity index (χ1) is 12.1. The van der Waals surface area contributed by atoms with Gasteiger partial charge in [-0.2, -0.15) is 0 Å². The van der Waals surface area contributed by atoms with Gasteiger partial charge in [0.1, 0.15) is 0 Å². The van der Waals surface area contributed by atoms with Gasteiger partial charge in [-0.25, -0.2) is 0 Å². The molecule has 0 amide bonds. The molecule has 3 heteroatoms. The van der Waals surface area contributed by atoms with Crippen LogP contribution in [0.3, 0.4) is 0 Å². The summed E-state index contributed by atoms with van der Waals surface area (Å²) in [4.78, 5) is 13.1. The van der Waals surface area contributed by atoms with Crippen LogP contribution in [-0.2, 0) is 14.3 Å². The first kappa shape index (κ1) is 16.4. The second kappa shape index (κ2) is 5.84. The Morgan fingerprint density at radius 1 is 1.08 bits per heavy atom. The van der Waals surface area contributed by atoms with Crippen molar-refractivity contribution < 1.29 is 14.3 Å². The third kappa shape index (κ3) is 2.44. The van der Waals surface area contributed by atoms with E-state index in [4.69, 9.17) is 9.47 Å². The SMILES string of the molecule is CC(OC(=O)C1(C)CC2CC1C1C3C=CC(C3)C21)OC1CCCCC1. The van der Waals surface area contributed by atoms with Gasteiger partial charge in [-0.15, -0.1) is 0 Å². The molecule has 3 nitrogen and oxygen atoms in total. The zero-order valence-corrected chi connectivity index (χ0v) is 15.7. The zero-order chi connectivity index (χ0) is 17.2. The summed E-state index contributed by atoms with van der Waals surface area (Å²) in [6.45, 7) is 4.09. The molecule has 4 saturated carbocycles. The van der Waals surface area contributed by atoms with Gasteiger partial charge in [0, 0.05) is 0 Å². The molecule has 0 radical (unpaired) electrons. The van der Waals surface area contributed by atoms with Crippen molar-refractivity contribution in [3.05, 3.63) is 12.2 Å². The number of carbonyl (C=O) groups excluding carboxylic acids is 1. The van der Waals surface area contributed by atoms with Crippen molar-refractivity contribution in [2.45, 2.75) is 77.6 Å². The van der Waals surface area contributed by atoms with Crippen molar-refractivity contribution in [1.29, 1.82) is 0 Å². The Hall–Kier alpha value is -0.830. The van der Waals surface area contributed by atoms with Crippen molar-refractivity contribution in [2.75, 3.05) is 0 Å². The lowest BCUT2D eigenvalue weighted by Gasteiger charge is -2.42. The summed E-state index contributed by atoms with van der Waals surface area (Å²) in [7, 11) is 0. The normalized spacial score (nSPS) is 48.7.